The molecule has 5 rings (SSSR count). The summed E-state index contributed by atoms with van der Waals surface area (Å²) in [4.78, 5) is 24.5. The lowest BCUT2D eigenvalue weighted by atomic mass is 9.97. The van der Waals surface area contributed by atoms with Crippen LogP contribution < -0.4 is 11.0 Å². The van der Waals surface area contributed by atoms with Gasteiger partial charge in [0, 0.05) is 31.4 Å². The van der Waals surface area contributed by atoms with Crippen molar-refractivity contribution in [2.45, 2.75) is 44.7 Å². The van der Waals surface area contributed by atoms with Gasteiger partial charge in [0.1, 0.15) is 0 Å². The van der Waals surface area contributed by atoms with Crippen molar-refractivity contribution in [3.63, 3.8) is 0 Å². The molecule has 0 spiro atoms. The SMILES string of the molecule is O=c1[nH]c2ncc(-c3ccc(C4CCCN4)cc3)nc2n1CCC1CCOCC1. The molecular weight excluding hydrogens is 366 g/mol. The molecular formula is C22H27N5O2. The summed E-state index contributed by atoms with van der Waals surface area (Å²) in [5.41, 5.74) is 4.19. The Balaban J connectivity index is 1.39. The summed E-state index contributed by atoms with van der Waals surface area (Å²) in [7, 11) is 0. The second-order valence-corrected chi connectivity index (χ2v) is 8.12. The molecule has 3 aromatic rings. The number of rotatable bonds is 5. The van der Waals surface area contributed by atoms with Crippen molar-refractivity contribution in [1.29, 1.82) is 0 Å². The maximum Gasteiger partial charge on any atom is 0.328 e. The number of nitrogens with zero attached hydrogens (tertiary/aromatic N) is 3. The number of ether oxygens (including phenoxy) is 1. The smallest absolute Gasteiger partial charge is 0.328 e. The first-order valence-electron chi connectivity index (χ1n) is 10.6. The highest BCUT2D eigenvalue weighted by Gasteiger charge is 2.18. The van der Waals surface area contributed by atoms with Gasteiger partial charge in [0.2, 0.25) is 0 Å². The third-order valence-corrected chi connectivity index (χ3v) is 6.25. The number of imidazole rings is 1. The van der Waals surface area contributed by atoms with E-state index in [2.05, 4.69) is 39.6 Å². The van der Waals surface area contributed by atoms with Crippen LogP contribution in [-0.2, 0) is 11.3 Å². The highest BCUT2D eigenvalue weighted by molar-refractivity contribution is 5.70. The summed E-state index contributed by atoms with van der Waals surface area (Å²) >= 11 is 0. The molecule has 7 nitrogen and oxygen atoms in total. The molecule has 1 atom stereocenters. The summed E-state index contributed by atoms with van der Waals surface area (Å²) in [6.07, 6.45) is 7.25. The standard InChI is InChI=1S/C22H27N5O2/c28-22-26-20-21(27(22)11-7-15-8-12-29-13-9-15)25-19(14-24-20)17-5-3-16(4-6-17)18-2-1-10-23-18/h3-6,14-15,18,23H,1-2,7-13H2,(H,24,26,28). The Bertz CT molecular complexity index is 1030. The fourth-order valence-electron chi connectivity index (χ4n) is 4.47. The van der Waals surface area contributed by atoms with Gasteiger partial charge in [-0.3, -0.25) is 9.55 Å². The van der Waals surface area contributed by atoms with Crippen molar-refractivity contribution in [3.05, 3.63) is 46.5 Å². The molecule has 2 N–H and O–H groups in total. The van der Waals surface area contributed by atoms with Crippen LogP contribution in [0.1, 0.15) is 43.7 Å². The number of hydrogen-bond donors (Lipinski definition) is 2. The highest BCUT2D eigenvalue weighted by Crippen LogP contribution is 2.26. The molecule has 0 aliphatic carbocycles. The molecule has 2 aliphatic rings. The minimum absolute atomic E-state index is 0.133. The lowest BCUT2D eigenvalue weighted by molar-refractivity contribution is 0.0626. The summed E-state index contributed by atoms with van der Waals surface area (Å²) < 4.78 is 7.17. The van der Waals surface area contributed by atoms with Gasteiger partial charge in [0.15, 0.2) is 11.3 Å². The van der Waals surface area contributed by atoms with Gasteiger partial charge in [-0.2, -0.15) is 0 Å². The Kier molecular flexibility index (Phi) is 5.16. The van der Waals surface area contributed by atoms with E-state index in [9.17, 15) is 4.79 Å². The minimum Gasteiger partial charge on any atom is -0.381 e. The summed E-state index contributed by atoms with van der Waals surface area (Å²) in [6.45, 7) is 3.40. The van der Waals surface area contributed by atoms with Crippen LogP contribution in [0, 0.1) is 5.92 Å². The average molecular weight is 393 g/mol. The fraction of sp³-hybridized carbons (Fsp3) is 0.500. The maximum atomic E-state index is 12.4. The molecule has 0 bridgehead atoms. The lowest BCUT2D eigenvalue weighted by Gasteiger charge is -2.21. The van der Waals surface area contributed by atoms with E-state index in [0.29, 0.717) is 29.8 Å². The Hall–Kier alpha value is -2.51. The van der Waals surface area contributed by atoms with Crippen LogP contribution in [0.3, 0.4) is 0 Å². The molecule has 4 heterocycles. The summed E-state index contributed by atoms with van der Waals surface area (Å²) in [5.74, 6) is 0.605. The Morgan fingerprint density at radius 2 is 1.97 bits per heavy atom. The van der Waals surface area contributed by atoms with E-state index in [1.165, 1.54) is 18.4 Å². The number of fused-ring (bicyclic) bond motifs is 1. The zero-order chi connectivity index (χ0) is 19.6. The van der Waals surface area contributed by atoms with Gasteiger partial charge in [0.05, 0.1) is 11.9 Å². The normalized spacial score (nSPS) is 20.5. The second-order valence-electron chi connectivity index (χ2n) is 8.12. The largest absolute Gasteiger partial charge is 0.381 e. The lowest BCUT2D eigenvalue weighted by Crippen LogP contribution is -2.22. The van der Waals surface area contributed by atoms with Gasteiger partial charge < -0.3 is 10.1 Å². The van der Waals surface area contributed by atoms with Crippen LogP contribution in [0.5, 0.6) is 0 Å². The molecule has 1 aromatic carbocycles. The van der Waals surface area contributed by atoms with Crippen LogP contribution in [0.4, 0.5) is 0 Å². The van der Waals surface area contributed by atoms with Crippen LogP contribution in [0.2, 0.25) is 0 Å². The molecule has 2 aliphatic heterocycles. The van der Waals surface area contributed by atoms with Crippen molar-refractivity contribution >= 4 is 11.3 Å². The number of aromatic amines is 1. The number of hydrogen-bond acceptors (Lipinski definition) is 5. The Morgan fingerprint density at radius 3 is 2.72 bits per heavy atom. The average Bonchev–Trinajstić information content (AvgIpc) is 3.40. The van der Waals surface area contributed by atoms with Gasteiger partial charge in [-0.25, -0.2) is 14.8 Å². The predicted molar refractivity (Wildman–Crippen MR) is 112 cm³/mol. The van der Waals surface area contributed by atoms with E-state index >= 15 is 0 Å². The van der Waals surface area contributed by atoms with Gasteiger partial charge in [-0.1, -0.05) is 24.3 Å². The van der Waals surface area contributed by atoms with Gasteiger partial charge in [0.25, 0.3) is 0 Å². The molecule has 0 amide bonds. The van der Waals surface area contributed by atoms with Crippen molar-refractivity contribution < 1.29 is 4.74 Å². The van der Waals surface area contributed by atoms with E-state index in [4.69, 9.17) is 9.72 Å². The third-order valence-electron chi connectivity index (χ3n) is 6.25. The molecule has 2 saturated heterocycles. The van der Waals surface area contributed by atoms with Crippen LogP contribution in [-0.4, -0.2) is 39.3 Å². The predicted octanol–water partition coefficient (Wildman–Crippen LogP) is 3.03. The zero-order valence-electron chi connectivity index (χ0n) is 16.6. The number of aryl methyl sites for hydroxylation is 1. The summed E-state index contributed by atoms with van der Waals surface area (Å²) in [6, 6.07) is 8.99. The number of H-pyrrole nitrogens is 1. The minimum atomic E-state index is -0.133. The van der Waals surface area contributed by atoms with Crippen molar-refractivity contribution in [2.75, 3.05) is 19.8 Å². The first kappa shape index (κ1) is 18.5. The topological polar surface area (TPSA) is 84.8 Å². The monoisotopic (exact) mass is 393 g/mol. The molecule has 1 unspecified atom stereocenters. The molecule has 0 radical (unpaired) electrons. The van der Waals surface area contributed by atoms with Crippen molar-refractivity contribution in [3.8, 4) is 11.3 Å². The first-order chi connectivity index (χ1) is 14.3. The summed E-state index contributed by atoms with van der Waals surface area (Å²) in [5, 5.41) is 3.53. The first-order valence-corrected chi connectivity index (χ1v) is 10.6. The molecule has 2 aromatic heterocycles. The van der Waals surface area contributed by atoms with Crippen LogP contribution >= 0.6 is 0 Å². The molecule has 0 saturated carbocycles. The number of benzene rings is 1. The molecule has 152 valence electrons. The Labute approximate surface area is 169 Å². The molecule has 7 heteroatoms. The quantitative estimate of drug-likeness (QED) is 0.696. The van der Waals surface area contributed by atoms with Gasteiger partial charge in [-0.05, 0) is 50.1 Å². The molecule has 2 fully saturated rings. The van der Waals surface area contributed by atoms with E-state index in [1.54, 1.807) is 10.8 Å². The van der Waals surface area contributed by atoms with Gasteiger partial charge >= 0.3 is 5.69 Å². The maximum absolute atomic E-state index is 12.4. The Morgan fingerprint density at radius 1 is 1.14 bits per heavy atom. The van der Waals surface area contributed by atoms with E-state index in [-0.39, 0.29) is 5.69 Å². The second kappa shape index (κ2) is 8.08. The van der Waals surface area contributed by atoms with E-state index < -0.39 is 0 Å². The van der Waals surface area contributed by atoms with Crippen LogP contribution in [0.25, 0.3) is 22.6 Å². The van der Waals surface area contributed by atoms with Crippen molar-refractivity contribution in [2.24, 2.45) is 5.92 Å². The third kappa shape index (κ3) is 3.84. The number of nitrogens with one attached hydrogen (secondary N) is 2. The fourth-order valence-corrected chi connectivity index (χ4v) is 4.47. The number of aromatic nitrogens is 4. The highest BCUT2D eigenvalue weighted by atomic mass is 16.5. The van der Waals surface area contributed by atoms with E-state index in [0.717, 1.165) is 50.3 Å². The molecule has 29 heavy (non-hydrogen) atoms. The van der Waals surface area contributed by atoms with Crippen LogP contribution in [0.15, 0.2) is 35.3 Å². The zero-order valence-corrected chi connectivity index (χ0v) is 16.6. The van der Waals surface area contributed by atoms with Crippen molar-refractivity contribution in [1.82, 2.24) is 24.8 Å². The van der Waals surface area contributed by atoms with E-state index in [1.807, 2.05) is 0 Å². The van der Waals surface area contributed by atoms with Gasteiger partial charge in [-0.15, -0.1) is 0 Å².